The van der Waals surface area contributed by atoms with E-state index in [1.165, 1.54) is 32.4 Å². The van der Waals surface area contributed by atoms with Gasteiger partial charge in [-0.15, -0.1) is 5.10 Å². The molecule has 0 radical (unpaired) electrons. The second-order valence-corrected chi connectivity index (χ2v) is 5.07. The molecule has 0 unspecified atom stereocenters. The quantitative estimate of drug-likeness (QED) is 0.810. The second-order valence-electron chi connectivity index (χ2n) is 5.07. The summed E-state index contributed by atoms with van der Waals surface area (Å²) in [4.78, 5) is 0. The summed E-state index contributed by atoms with van der Waals surface area (Å²) in [6.07, 6.45) is 5.99. The molecule has 4 nitrogen and oxygen atoms in total. The van der Waals surface area contributed by atoms with Gasteiger partial charge in [0.1, 0.15) is 5.82 Å². The average molecular weight is 248 g/mol. The lowest BCUT2D eigenvalue weighted by atomic mass is 9.95. The van der Waals surface area contributed by atoms with E-state index < -0.39 is 0 Å². The molecule has 0 spiro atoms. The number of rotatable bonds is 6. The highest BCUT2D eigenvalue weighted by atomic mass is 15.2. The predicted octanol–water partition coefficient (Wildman–Crippen LogP) is 2.23. The van der Waals surface area contributed by atoms with Gasteiger partial charge in [0.05, 0.1) is 5.69 Å². The van der Waals surface area contributed by atoms with Crippen LogP contribution in [0.5, 0.6) is 0 Å². The average Bonchev–Trinajstić information content (AvgIpc) is 2.42. The van der Waals surface area contributed by atoms with E-state index in [-0.39, 0.29) is 0 Å². The first kappa shape index (κ1) is 13.3. The maximum atomic E-state index is 4.21. The van der Waals surface area contributed by atoms with E-state index in [4.69, 9.17) is 0 Å². The zero-order valence-corrected chi connectivity index (χ0v) is 11.3. The molecular weight excluding hydrogens is 224 g/mol. The number of piperidine rings is 1. The Bertz CT molecular complexity index is 330. The fourth-order valence-corrected chi connectivity index (χ4v) is 2.42. The molecule has 0 aliphatic carbocycles. The molecule has 0 amide bonds. The molecule has 0 atom stereocenters. The van der Waals surface area contributed by atoms with Crippen molar-refractivity contribution in [3.05, 3.63) is 17.8 Å². The van der Waals surface area contributed by atoms with Gasteiger partial charge in [-0.2, -0.15) is 5.10 Å². The first-order valence-corrected chi connectivity index (χ1v) is 7.15. The summed E-state index contributed by atoms with van der Waals surface area (Å²) in [5.41, 5.74) is 1.08. The Labute approximate surface area is 110 Å². The minimum Gasteiger partial charge on any atom is -0.369 e. The minimum absolute atomic E-state index is 0.867. The third-order valence-electron chi connectivity index (χ3n) is 3.54. The van der Waals surface area contributed by atoms with Crippen LogP contribution in [-0.2, 0) is 6.42 Å². The lowest BCUT2D eigenvalue weighted by Gasteiger charge is -2.22. The zero-order chi connectivity index (χ0) is 12.6. The smallest absolute Gasteiger partial charge is 0.148 e. The third-order valence-corrected chi connectivity index (χ3v) is 3.54. The van der Waals surface area contributed by atoms with Gasteiger partial charge in [-0.3, -0.25) is 0 Å². The van der Waals surface area contributed by atoms with Crippen molar-refractivity contribution in [3.8, 4) is 0 Å². The summed E-state index contributed by atoms with van der Waals surface area (Å²) in [6.45, 7) is 5.52. The third kappa shape index (κ3) is 4.26. The first-order valence-electron chi connectivity index (χ1n) is 7.15. The summed E-state index contributed by atoms with van der Waals surface area (Å²) < 4.78 is 0. The highest BCUT2D eigenvalue weighted by molar-refractivity contribution is 5.32. The van der Waals surface area contributed by atoms with Crippen LogP contribution in [0.2, 0.25) is 0 Å². The van der Waals surface area contributed by atoms with Gasteiger partial charge in [-0.1, -0.05) is 13.3 Å². The van der Waals surface area contributed by atoms with Crippen molar-refractivity contribution in [3.63, 3.8) is 0 Å². The molecule has 0 aromatic carbocycles. The Morgan fingerprint density at radius 1 is 1.28 bits per heavy atom. The number of hydrogen-bond acceptors (Lipinski definition) is 4. The summed E-state index contributed by atoms with van der Waals surface area (Å²) in [5.74, 6) is 1.77. The van der Waals surface area contributed by atoms with Gasteiger partial charge in [0.25, 0.3) is 0 Å². The fraction of sp³-hybridized carbons (Fsp3) is 0.714. The summed E-state index contributed by atoms with van der Waals surface area (Å²) >= 11 is 0. The molecule has 0 saturated carbocycles. The van der Waals surface area contributed by atoms with E-state index in [9.17, 15) is 0 Å². The summed E-state index contributed by atoms with van der Waals surface area (Å²) in [6, 6.07) is 4.11. The van der Waals surface area contributed by atoms with E-state index >= 15 is 0 Å². The molecular formula is C14H24N4. The van der Waals surface area contributed by atoms with Gasteiger partial charge < -0.3 is 10.6 Å². The molecule has 4 heteroatoms. The first-order chi connectivity index (χ1) is 8.88. The number of anilines is 1. The van der Waals surface area contributed by atoms with E-state index in [0.717, 1.165) is 36.8 Å². The van der Waals surface area contributed by atoms with Crippen LogP contribution in [0.15, 0.2) is 12.1 Å². The van der Waals surface area contributed by atoms with Crippen LogP contribution in [0, 0.1) is 5.92 Å². The highest BCUT2D eigenvalue weighted by Gasteiger charge is 2.12. The molecule has 1 aromatic rings. The molecule has 1 aliphatic rings. The number of aryl methyl sites for hydroxylation is 1. The number of nitrogens with zero attached hydrogens (tertiary/aromatic N) is 2. The number of nitrogens with one attached hydrogen (secondary N) is 2. The van der Waals surface area contributed by atoms with Crippen LogP contribution in [0.3, 0.4) is 0 Å². The van der Waals surface area contributed by atoms with Gasteiger partial charge in [0.15, 0.2) is 0 Å². The van der Waals surface area contributed by atoms with Gasteiger partial charge in [-0.25, -0.2) is 0 Å². The molecule has 2 rings (SSSR count). The fourth-order valence-electron chi connectivity index (χ4n) is 2.42. The summed E-state index contributed by atoms with van der Waals surface area (Å²) in [5, 5.41) is 15.2. The Balaban J connectivity index is 1.69. The lowest BCUT2D eigenvalue weighted by molar-refractivity contribution is 0.361. The van der Waals surface area contributed by atoms with E-state index in [0.29, 0.717) is 0 Å². The van der Waals surface area contributed by atoms with Crippen molar-refractivity contribution in [2.45, 2.75) is 39.0 Å². The van der Waals surface area contributed by atoms with E-state index in [1.54, 1.807) is 0 Å². The standard InChI is InChI=1S/C14H24N4/c1-2-3-13-4-5-14(18-17-13)16-11-8-12-6-9-15-10-7-12/h4-5,12,15H,2-3,6-11H2,1H3,(H,16,18). The molecule has 1 saturated heterocycles. The molecule has 2 heterocycles. The Hall–Kier alpha value is -1.16. The highest BCUT2D eigenvalue weighted by Crippen LogP contribution is 2.15. The SMILES string of the molecule is CCCc1ccc(NCCC2CCNCC2)nn1. The van der Waals surface area contributed by atoms with Gasteiger partial charge >= 0.3 is 0 Å². The van der Waals surface area contributed by atoms with Crippen LogP contribution >= 0.6 is 0 Å². The van der Waals surface area contributed by atoms with Crippen molar-refractivity contribution < 1.29 is 0 Å². The maximum absolute atomic E-state index is 4.21. The van der Waals surface area contributed by atoms with Crippen LogP contribution in [0.4, 0.5) is 5.82 Å². The largest absolute Gasteiger partial charge is 0.369 e. The second kappa shape index (κ2) is 7.31. The maximum Gasteiger partial charge on any atom is 0.148 e. The number of hydrogen-bond donors (Lipinski definition) is 2. The van der Waals surface area contributed by atoms with Gasteiger partial charge in [-0.05, 0) is 56.8 Å². The normalized spacial score (nSPS) is 16.7. The Kier molecular flexibility index (Phi) is 5.39. The molecule has 0 bridgehead atoms. The van der Waals surface area contributed by atoms with Crippen molar-refractivity contribution >= 4 is 5.82 Å². The lowest BCUT2D eigenvalue weighted by Crippen LogP contribution is -2.28. The van der Waals surface area contributed by atoms with Gasteiger partial charge in [0, 0.05) is 6.54 Å². The van der Waals surface area contributed by atoms with Crippen molar-refractivity contribution in [2.24, 2.45) is 5.92 Å². The monoisotopic (exact) mass is 248 g/mol. The van der Waals surface area contributed by atoms with Crippen molar-refractivity contribution in [1.82, 2.24) is 15.5 Å². The van der Waals surface area contributed by atoms with E-state index in [2.05, 4.69) is 33.8 Å². The van der Waals surface area contributed by atoms with Gasteiger partial charge in [0.2, 0.25) is 0 Å². The molecule has 1 aromatic heterocycles. The van der Waals surface area contributed by atoms with E-state index in [1.807, 2.05) is 6.07 Å². The topological polar surface area (TPSA) is 49.8 Å². The zero-order valence-electron chi connectivity index (χ0n) is 11.3. The van der Waals surface area contributed by atoms with Crippen LogP contribution in [0.25, 0.3) is 0 Å². The molecule has 1 fully saturated rings. The van der Waals surface area contributed by atoms with Crippen molar-refractivity contribution in [2.75, 3.05) is 25.0 Å². The molecule has 18 heavy (non-hydrogen) atoms. The minimum atomic E-state index is 0.867. The molecule has 100 valence electrons. The van der Waals surface area contributed by atoms with Crippen LogP contribution in [-0.4, -0.2) is 29.8 Å². The van der Waals surface area contributed by atoms with Crippen LogP contribution < -0.4 is 10.6 Å². The Morgan fingerprint density at radius 2 is 2.11 bits per heavy atom. The number of aromatic nitrogens is 2. The molecule has 1 aliphatic heterocycles. The summed E-state index contributed by atoms with van der Waals surface area (Å²) in [7, 11) is 0. The molecule has 2 N–H and O–H groups in total. The van der Waals surface area contributed by atoms with Crippen LogP contribution in [0.1, 0.15) is 38.3 Å². The van der Waals surface area contributed by atoms with Crippen molar-refractivity contribution in [1.29, 1.82) is 0 Å². The Morgan fingerprint density at radius 3 is 2.78 bits per heavy atom. The predicted molar refractivity (Wildman–Crippen MR) is 74.7 cm³/mol.